The maximum atomic E-state index is 13.1. The number of carbonyl (C=O) groups excluding carboxylic acids is 2. The summed E-state index contributed by atoms with van der Waals surface area (Å²) in [6.07, 6.45) is 0. The van der Waals surface area contributed by atoms with Crippen LogP contribution >= 0.6 is 11.3 Å². The molecule has 0 saturated carbocycles. The molecule has 2 heterocycles. The van der Waals surface area contributed by atoms with E-state index in [2.05, 4.69) is 10.4 Å². The van der Waals surface area contributed by atoms with Crippen LogP contribution in [-0.2, 0) is 11.8 Å². The van der Waals surface area contributed by atoms with Crippen molar-refractivity contribution in [2.75, 3.05) is 19.0 Å². The smallest absolute Gasteiger partial charge is 0.341 e. The minimum atomic E-state index is -0.697. The van der Waals surface area contributed by atoms with Crippen LogP contribution in [0.5, 0.6) is 5.75 Å². The summed E-state index contributed by atoms with van der Waals surface area (Å²) in [6.45, 7) is 3.76. The number of anilines is 1. The highest BCUT2D eigenvalue weighted by atomic mass is 32.1. The van der Waals surface area contributed by atoms with Crippen LogP contribution in [0, 0.1) is 6.92 Å². The van der Waals surface area contributed by atoms with Crippen molar-refractivity contribution in [3.63, 3.8) is 0 Å². The standard InChI is InChI=1S/C25H23N3O5S/c1-5-33-25(31)20-18(15-7-9-16(32-4)10-8-15)13-34-24(20)26-23(30)21-22(29)17-12-14(2)6-11-19(17)28(3)27-21/h6-13H,5H2,1-4H3,(H,26,30). The number of methoxy groups -OCH3 is 1. The summed E-state index contributed by atoms with van der Waals surface area (Å²) in [4.78, 5) is 39.0. The molecule has 0 fully saturated rings. The van der Waals surface area contributed by atoms with Crippen LogP contribution < -0.4 is 15.5 Å². The van der Waals surface area contributed by atoms with E-state index in [0.717, 1.165) is 11.1 Å². The number of esters is 1. The summed E-state index contributed by atoms with van der Waals surface area (Å²) in [5.74, 6) is -0.587. The van der Waals surface area contributed by atoms with Gasteiger partial charge in [0.2, 0.25) is 5.43 Å². The van der Waals surface area contributed by atoms with Gasteiger partial charge in [-0.2, -0.15) is 5.10 Å². The lowest BCUT2D eigenvalue weighted by Crippen LogP contribution is -2.26. The summed E-state index contributed by atoms with van der Waals surface area (Å²) in [7, 11) is 3.24. The molecule has 0 atom stereocenters. The van der Waals surface area contributed by atoms with Crippen molar-refractivity contribution in [1.82, 2.24) is 9.78 Å². The lowest BCUT2D eigenvalue weighted by atomic mass is 10.0. The summed E-state index contributed by atoms with van der Waals surface area (Å²) >= 11 is 1.17. The van der Waals surface area contributed by atoms with E-state index in [1.807, 2.05) is 25.1 Å². The fraction of sp³-hybridized carbons (Fsp3) is 0.200. The zero-order valence-corrected chi connectivity index (χ0v) is 20.0. The van der Waals surface area contributed by atoms with Crippen molar-refractivity contribution in [3.8, 4) is 16.9 Å². The van der Waals surface area contributed by atoms with Crippen molar-refractivity contribution in [2.45, 2.75) is 13.8 Å². The molecule has 2 aromatic carbocycles. The van der Waals surface area contributed by atoms with Gasteiger partial charge in [0.25, 0.3) is 5.91 Å². The molecule has 1 N–H and O–H groups in total. The minimum absolute atomic E-state index is 0.177. The van der Waals surface area contributed by atoms with Crippen LogP contribution in [0.15, 0.2) is 52.6 Å². The number of rotatable bonds is 6. The van der Waals surface area contributed by atoms with Gasteiger partial charge in [0.1, 0.15) is 16.3 Å². The van der Waals surface area contributed by atoms with Crippen LogP contribution in [0.1, 0.15) is 33.3 Å². The molecule has 0 aliphatic rings. The van der Waals surface area contributed by atoms with Crippen LogP contribution in [0.25, 0.3) is 22.0 Å². The molecule has 0 bridgehead atoms. The van der Waals surface area contributed by atoms with E-state index < -0.39 is 17.3 Å². The highest BCUT2D eigenvalue weighted by Gasteiger charge is 2.25. The number of aromatic nitrogens is 2. The van der Waals surface area contributed by atoms with Crippen LogP contribution in [0.4, 0.5) is 5.00 Å². The topological polar surface area (TPSA) is 99.5 Å². The van der Waals surface area contributed by atoms with Crippen LogP contribution in [0.2, 0.25) is 0 Å². The molecule has 174 valence electrons. The second kappa shape index (κ2) is 9.48. The van der Waals surface area contributed by atoms with Crippen molar-refractivity contribution in [1.29, 1.82) is 0 Å². The molecule has 1 amide bonds. The quantitative estimate of drug-likeness (QED) is 0.413. The second-order valence-corrected chi connectivity index (χ2v) is 8.46. The SMILES string of the molecule is CCOC(=O)c1c(-c2ccc(OC)cc2)csc1NC(=O)c1nn(C)c2ccc(C)cc2c1=O. The molecule has 0 radical (unpaired) electrons. The number of ether oxygens (including phenoxy) is 2. The van der Waals surface area contributed by atoms with E-state index in [0.29, 0.717) is 22.2 Å². The maximum Gasteiger partial charge on any atom is 0.341 e. The number of benzene rings is 2. The van der Waals surface area contributed by atoms with E-state index in [1.165, 1.54) is 16.0 Å². The largest absolute Gasteiger partial charge is 0.497 e. The average molecular weight is 478 g/mol. The Morgan fingerprint density at radius 1 is 1.15 bits per heavy atom. The van der Waals surface area contributed by atoms with Gasteiger partial charge in [-0.3, -0.25) is 14.3 Å². The van der Waals surface area contributed by atoms with Gasteiger partial charge in [0, 0.05) is 18.0 Å². The van der Waals surface area contributed by atoms with Crippen molar-refractivity contribution in [3.05, 3.63) is 74.9 Å². The third-order valence-corrected chi connectivity index (χ3v) is 6.22. The van der Waals surface area contributed by atoms with Crippen molar-refractivity contribution >= 4 is 39.1 Å². The Labute approximate surface area is 199 Å². The van der Waals surface area contributed by atoms with E-state index in [4.69, 9.17) is 9.47 Å². The molecular weight excluding hydrogens is 454 g/mol. The molecular formula is C25H23N3O5S. The molecule has 0 aliphatic heterocycles. The summed E-state index contributed by atoms with van der Waals surface area (Å²) in [5.41, 5.74) is 2.38. The average Bonchev–Trinajstić information content (AvgIpc) is 3.25. The highest BCUT2D eigenvalue weighted by Crippen LogP contribution is 2.37. The highest BCUT2D eigenvalue weighted by molar-refractivity contribution is 7.15. The Balaban J connectivity index is 1.76. The van der Waals surface area contributed by atoms with Gasteiger partial charge in [-0.25, -0.2) is 4.79 Å². The Bertz CT molecular complexity index is 1450. The summed E-state index contributed by atoms with van der Waals surface area (Å²) < 4.78 is 11.9. The Hall–Kier alpha value is -3.98. The molecule has 34 heavy (non-hydrogen) atoms. The van der Waals surface area contributed by atoms with E-state index in [9.17, 15) is 14.4 Å². The first-order valence-corrected chi connectivity index (χ1v) is 11.4. The predicted octanol–water partition coefficient (Wildman–Crippen LogP) is 4.41. The van der Waals surface area contributed by atoms with Crippen LogP contribution in [-0.4, -0.2) is 35.4 Å². The molecule has 2 aromatic heterocycles. The Morgan fingerprint density at radius 2 is 1.88 bits per heavy atom. The molecule has 0 unspecified atom stereocenters. The number of hydrogen-bond donors (Lipinski definition) is 1. The first kappa shape index (κ1) is 23.2. The Kier molecular flexibility index (Phi) is 6.47. The van der Waals surface area contributed by atoms with Gasteiger partial charge < -0.3 is 14.8 Å². The minimum Gasteiger partial charge on any atom is -0.497 e. The van der Waals surface area contributed by atoms with Crippen LogP contribution in [0.3, 0.4) is 0 Å². The molecule has 4 rings (SSSR count). The first-order valence-electron chi connectivity index (χ1n) is 10.6. The van der Waals surface area contributed by atoms with Crippen molar-refractivity contribution in [2.24, 2.45) is 7.05 Å². The fourth-order valence-corrected chi connectivity index (χ4v) is 4.59. The number of aryl methyl sites for hydroxylation is 2. The second-order valence-electron chi connectivity index (χ2n) is 7.58. The number of fused-ring (bicyclic) bond motifs is 1. The number of amides is 1. The molecule has 0 saturated heterocycles. The molecule has 9 heteroatoms. The molecule has 8 nitrogen and oxygen atoms in total. The molecule has 0 spiro atoms. The maximum absolute atomic E-state index is 13.1. The van der Waals surface area contributed by atoms with Gasteiger partial charge in [-0.05, 0) is 43.7 Å². The summed E-state index contributed by atoms with van der Waals surface area (Å²) in [6, 6.07) is 12.6. The zero-order chi connectivity index (χ0) is 24.4. The number of thiophene rings is 1. The number of carbonyl (C=O) groups is 2. The van der Waals surface area contributed by atoms with Gasteiger partial charge in [0.05, 0.1) is 24.6 Å². The Morgan fingerprint density at radius 3 is 2.56 bits per heavy atom. The molecule has 0 aliphatic carbocycles. The van der Waals surface area contributed by atoms with Gasteiger partial charge in [-0.15, -0.1) is 11.3 Å². The third-order valence-electron chi connectivity index (χ3n) is 5.32. The van der Waals surface area contributed by atoms with Gasteiger partial charge in [-0.1, -0.05) is 23.8 Å². The van der Waals surface area contributed by atoms with E-state index in [1.54, 1.807) is 50.7 Å². The number of nitrogens with zero attached hydrogens (tertiary/aromatic N) is 2. The van der Waals surface area contributed by atoms with Crippen molar-refractivity contribution < 1.29 is 19.1 Å². The first-order chi connectivity index (χ1) is 16.3. The van der Waals surface area contributed by atoms with E-state index in [-0.39, 0.29) is 22.9 Å². The lowest BCUT2D eigenvalue weighted by molar-refractivity contribution is 0.0529. The number of hydrogen-bond acceptors (Lipinski definition) is 7. The molecule has 4 aromatic rings. The normalized spacial score (nSPS) is 10.8. The lowest BCUT2D eigenvalue weighted by Gasteiger charge is -2.10. The van der Waals surface area contributed by atoms with E-state index >= 15 is 0 Å². The van der Waals surface area contributed by atoms with Gasteiger partial charge in [0.15, 0.2) is 5.69 Å². The summed E-state index contributed by atoms with van der Waals surface area (Å²) in [5, 5.41) is 9.34. The van der Waals surface area contributed by atoms with Gasteiger partial charge >= 0.3 is 5.97 Å². The zero-order valence-electron chi connectivity index (χ0n) is 19.2. The monoisotopic (exact) mass is 477 g/mol. The fourth-order valence-electron chi connectivity index (χ4n) is 3.64. The predicted molar refractivity (Wildman–Crippen MR) is 132 cm³/mol. The number of nitrogens with one attached hydrogen (secondary N) is 1. The third kappa shape index (κ3) is 4.29.